The average Bonchev–Trinajstić information content (AvgIpc) is 3.05. The minimum absolute atomic E-state index is 0.131. The lowest BCUT2D eigenvalue weighted by Gasteiger charge is -2.06. The maximum atomic E-state index is 11.3. The van der Waals surface area contributed by atoms with Gasteiger partial charge in [-0.2, -0.15) is 0 Å². The number of hydrogen-bond acceptors (Lipinski definition) is 2. The van der Waals surface area contributed by atoms with Gasteiger partial charge in [-0.05, 0) is 54.2 Å². The molecule has 0 amide bonds. The standard InChI is InChI=1S/C9H10BrN.C9H6Cl2O/c10-7-3-1-2-6-4-5-8(11)9(6)7;10-6-3-5-1-2-8(12)9(5)7(11)4-6/h1-3,8H,4-5,11H2;3-4H,1-2H2. The minimum Gasteiger partial charge on any atom is -0.324 e. The van der Waals surface area contributed by atoms with E-state index in [2.05, 4.69) is 34.1 Å². The molecule has 23 heavy (non-hydrogen) atoms. The number of hydrogen-bond donors (Lipinski definition) is 1. The first-order valence-corrected chi connectivity index (χ1v) is 9.06. The Morgan fingerprint density at radius 2 is 1.87 bits per heavy atom. The van der Waals surface area contributed by atoms with Crippen molar-refractivity contribution in [2.45, 2.75) is 31.7 Å². The molecule has 5 heteroatoms. The predicted octanol–water partition coefficient (Wildman–Crippen LogP) is 5.52. The molecular weight excluding hydrogens is 397 g/mol. The highest BCUT2D eigenvalue weighted by atomic mass is 79.9. The van der Waals surface area contributed by atoms with E-state index in [-0.39, 0.29) is 11.8 Å². The van der Waals surface area contributed by atoms with Crippen LogP contribution < -0.4 is 5.73 Å². The van der Waals surface area contributed by atoms with Crippen molar-refractivity contribution in [3.63, 3.8) is 0 Å². The van der Waals surface area contributed by atoms with Gasteiger partial charge in [-0.15, -0.1) is 0 Å². The molecule has 0 bridgehead atoms. The molecule has 1 unspecified atom stereocenters. The number of fused-ring (bicyclic) bond motifs is 2. The summed E-state index contributed by atoms with van der Waals surface area (Å²) in [5.41, 5.74) is 10.3. The predicted molar refractivity (Wildman–Crippen MR) is 98.5 cm³/mol. The first-order chi connectivity index (χ1) is 11.0. The highest BCUT2D eigenvalue weighted by molar-refractivity contribution is 9.10. The highest BCUT2D eigenvalue weighted by Crippen LogP contribution is 2.34. The minimum atomic E-state index is 0.131. The lowest BCUT2D eigenvalue weighted by atomic mass is 10.1. The SMILES string of the molecule is NC1CCc2cccc(Br)c21.O=C1CCc2cc(Cl)cc(Cl)c21. The molecule has 2 nitrogen and oxygen atoms in total. The van der Waals surface area contributed by atoms with Gasteiger partial charge in [0.05, 0.1) is 5.02 Å². The molecule has 0 radical (unpaired) electrons. The van der Waals surface area contributed by atoms with Crippen molar-refractivity contribution in [1.82, 2.24) is 0 Å². The third-order valence-electron chi connectivity index (χ3n) is 4.28. The molecule has 0 saturated carbocycles. The van der Waals surface area contributed by atoms with Crippen molar-refractivity contribution in [2.24, 2.45) is 5.73 Å². The zero-order chi connectivity index (χ0) is 16.6. The number of nitrogens with two attached hydrogens (primary N) is 1. The van der Waals surface area contributed by atoms with Crippen molar-refractivity contribution < 1.29 is 4.79 Å². The second-order valence-electron chi connectivity index (χ2n) is 5.80. The Kier molecular flexibility index (Phi) is 5.12. The number of Topliss-reactive ketones (excluding diaryl/α,β-unsaturated/α-hetero) is 1. The van der Waals surface area contributed by atoms with Crippen LogP contribution in [0.25, 0.3) is 0 Å². The van der Waals surface area contributed by atoms with Gasteiger partial charge in [-0.3, -0.25) is 4.79 Å². The molecule has 0 spiro atoms. The molecule has 0 saturated heterocycles. The van der Waals surface area contributed by atoms with Crippen LogP contribution >= 0.6 is 39.1 Å². The monoisotopic (exact) mass is 411 g/mol. The molecule has 0 fully saturated rings. The van der Waals surface area contributed by atoms with Crippen LogP contribution in [0.3, 0.4) is 0 Å². The third-order valence-corrected chi connectivity index (χ3v) is 5.48. The Morgan fingerprint density at radius 3 is 2.61 bits per heavy atom. The van der Waals surface area contributed by atoms with E-state index in [4.69, 9.17) is 28.9 Å². The van der Waals surface area contributed by atoms with E-state index in [9.17, 15) is 4.79 Å². The van der Waals surface area contributed by atoms with E-state index >= 15 is 0 Å². The summed E-state index contributed by atoms with van der Waals surface area (Å²) in [6.45, 7) is 0. The zero-order valence-corrected chi connectivity index (χ0v) is 15.5. The molecule has 4 rings (SSSR count). The largest absolute Gasteiger partial charge is 0.324 e. The van der Waals surface area contributed by atoms with Crippen LogP contribution in [0, 0.1) is 0 Å². The number of rotatable bonds is 0. The second-order valence-corrected chi connectivity index (χ2v) is 7.50. The summed E-state index contributed by atoms with van der Waals surface area (Å²) in [5, 5.41) is 1.09. The lowest BCUT2D eigenvalue weighted by molar-refractivity contribution is 0.0994. The van der Waals surface area contributed by atoms with Gasteiger partial charge in [0, 0.05) is 27.5 Å². The Labute approximate surface area is 154 Å². The van der Waals surface area contributed by atoms with Crippen LogP contribution in [-0.4, -0.2) is 5.78 Å². The fraction of sp³-hybridized carbons (Fsp3) is 0.278. The maximum Gasteiger partial charge on any atom is 0.164 e. The van der Waals surface area contributed by atoms with Crippen molar-refractivity contribution in [2.75, 3.05) is 0 Å². The van der Waals surface area contributed by atoms with Crippen LogP contribution in [0.1, 0.15) is 45.9 Å². The number of carbonyl (C=O) groups excluding carboxylic acids is 1. The van der Waals surface area contributed by atoms with E-state index in [1.54, 1.807) is 6.07 Å². The molecule has 2 aliphatic rings. The van der Waals surface area contributed by atoms with E-state index in [0.717, 1.165) is 24.8 Å². The summed E-state index contributed by atoms with van der Waals surface area (Å²) in [5.74, 6) is 0.131. The Hall–Kier alpha value is -0.870. The van der Waals surface area contributed by atoms with E-state index in [1.807, 2.05) is 6.07 Å². The summed E-state index contributed by atoms with van der Waals surface area (Å²) in [6, 6.07) is 9.97. The summed E-state index contributed by atoms with van der Waals surface area (Å²) >= 11 is 15.2. The smallest absolute Gasteiger partial charge is 0.164 e. The van der Waals surface area contributed by atoms with Crippen molar-refractivity contribution in [1.29, 1.82) is 0 Å². The van der Waals surface area contributed by atoms with Gasteiger partial charge in [0.1, 0.15) is 0 Å². The first-order valence-electron chi connectivity index (χ1n) is 7.51. The van der Waals surface area contributed by atoms with Gasteiger partial charge in [-0.25, -0.2) is 0 Å². The van der Waals surface area contributed by atoms with Crippen LogP contribution in [0.15, 0.2) is 34.8 Å². The van der Waals surface area contributed by atoms with Crippen molar-refractivity contribution in [3.05, 3.63) is 67.1 Å². The molecule has 2 aromatic carbocycles. The summed E-state index contributed by atoms with van der Waals surface area (Å²) < 4.78 is 1.17. The number of halogens is 3. The lowest BCUT2D eigenvalue weighted by Crippen LogP contribution is -2.05. The Balaban J connectivity index is 0.000000136. The van der Waals surface area contributed by atoms with Gasteiger partial charge in [-0.1, -0.05) is 51.3 Å². The van der Waals surface area contributed by atoms with Gasteiger partial charge < -0.3 is 5.73 Å². The van der Waals surface area contributed by atoms with Crippen molar-refractivity contribution in [3.8, 4) is 0 Å². The van der Waals surface area contributed by atoms with E-state index < -0.39 is 0 Å². The molecule has 2 aliphatic carbocycles. The van der Waals surface area contributed by atoms with Gasteiger partial charge in [0.15, 0.2) is 5.78 Å². The van der Waals surface area contributed by atoms with Gasteiger partial charge >= 0.3 is 0 Å². The maximum absolute atomic E-state index is 11.3. The summed E-state index contributed by atoms with van der Waals surface area (Å²) in [7, 11) is 0. The Bertz CT molecular complexity index is 776. The highest BCUT2D eigenvalue weighted by Gasteiger charge is 2.22. The number of ketones is 1. The van der Waals surface area contributed by atoms with Crippen molar-refractivity contribution >= 4 is 44.9 Å². The molecule has 1 atom stereocenters. The van der Waals surface area contributed by atoms with Gasteiger partial charge in [0.2, 0.25) is 0 Å². The fourth-order valence-electron chi connectivity index (χ4n) is 3.18. The molecule has 2 N–H and O–H groups in total. The molecule has 0 aromatic heterocycles. The molecule has 120 valence electrons. The fourth-order valence-corrected chi connectivity index (χ4v) is 4.52. The molecule has 0 heterocycles. The van der Waals surface area contributed by atoms with Crippen LogP contribution in [0.4, 0.5) is 0 Å². The topological polar surface area (TPSA) is 43.1 Å². The van der Waals surface area contributed by atoms with E-state index in [0.29, 0.717) is 22.0 Å². The Morgan fingerprint density at radius 1 is 1.09 bits per heavy atom. The second kappa shape index (κ2) is 6.94. The first kappa shape index (κ1) is 17.0. The number of carbonyl (C=O) groups is 1. The molecule has 0 aliphatic heterocycles. The molecular formula is C18H16BrCl2NO. The molecule has 2 aromatic rings. The zero-order valence-electron chi connectivity index (χ0n) is 12.4. The van der Waals surface area contributed by atoms with Crippen LogP contribution in [0.2, 0.25) is 10.0 Å². The van der Waals surface area contributed by atoms with Crippen LogP contribution in [0.5, 0.6) is 0 Å². The third kappa shape index (κ3) is 3.48. The number of aryl methyl sites for hydroxylation is 2. The average molecular weight is 413 g/mol. The normalized spacial score (nSPS) is 18.3. The van der Waals surface area contributed by atoms with Gasteiger partial charge in [0.25, 0.3) is 0 Å². The summed E-state index contributed by atoms with van der Waals surface area (Å²) in [4.78, 5) is 11.3. The summed E-state index contributed by atoms with van der Waals surface area (Å²) in [6.07, 6.45) is 3.57. The van der Waals surface area contributed by atoms with E-state index in [1.165, 1.54) is 15.6 Å². The number of benzene rings is 2. The van der Waals surface area contributed by atoms with Crippen LogP contribution in [-0.2, 0) is 12.8 Å². The quantitative estimate of drug-likeness (QED) is 0.619.